The third kappa shape index (κ3) is 4.41. The quantitative estimate of drug-likeness (QED) is 0.822. The Morgan fingerprint density at radius 1 is 1.12 bits per heavy atom. The average Bonchev–Trinajstić information content (AvgIpc) is 2.61. The number of nitrogens with one attached hydrogen (secondary N) is 1. The zero-order chi connectivity index (χ0) is 16.8. The van der Waals surface area contributed by atoms with E-state index in [2.05, 4.69) is 21.2 Å². The second-order valence-corrected chi connectivity index (χ2v) is 6.15. The van der Waals surface area contributed by atoms with Crippen LogP contribution in [0.3, 0.4) is 0 Å². The van der Waals surface area contributed by atoms with Crippen molar-refractivity contribution in [2.45, 2.75) is 6.42 Å². The number of carbonyl (C=O) groups excluding carboxylic acids is 1. The molecule has 0 aromatic heterocycles. The number of carbonyl (C=O) groups is 1. The van der Waals surface area contributed by atoms with E-state index in [1.165, 1.54) is 0 Å². The standard InChI is InChI=1S/C18H18BrNO4/c19-14-3-1-2-4-15(14)24-12-18(21)20-8-7-13-5-6-16-17(11-13)23-10-9-22-16/h1-6,11H,7-10,12H2,(H,20,21). The average molecular weight is 392 g/mol. The summed E-state index contributed by atoms with van der Waals surface area (Å²) < 4.78 is 17.4. The molecule has 0 spiro atoms. The number of halogens is 1. The van der Waals surface area contributed by atoms with Crippen LogP contribution in [0.4, 0.5) is 0 Å². The van der Waals surface area contributed by atoms with Gasteiger partial charge in [0.05, 0.1) is 4.47 Å². The van der Waals surface area contributed by atoms with E-state index in [4.69, 9.17) is 14.2 Å². The summed E-state index contributed by atoms with van der Waals surface area (Å²) in [5, 5.41) is 2.85. The Bertz CT molecular complexity index is 720. The molecule has 0 saturated carbocycles. The maximum absolute atomic E-state index is 11.9. The predicted octanol–water partition coefficient (Wildman–Crippen LogP) is 2.96. The molecule has 1 N–H and O–H groups in total. The molecule has 0 aliphatic carbocycles. The number of rotatable bonds is 6. The maximum atomic E-state index is 11.9. The molecule has 2 aromatic rings. The molecule has 0 unspecified atom stereocenters. The number of fused-ring (bicyclic) bond motifs is 1. The lowest BCUT2D eigenvalue weighted by Crippen LogP contribution is -2.30. The molecule has 24 heavy (non-hydrogen) atoms. The predicted molar refractivity (Wildman–Crippen MR) is 93.8 cm³/mol. The number of para-hydroxylation sites is 1. The molecular formula is C18H18BrNO4. The lowest BCUT2D eigenvalue weighted by atomic mass is 10.1. The molecule has 1 amide bonds. The van der Waals surface area contributed by atoms with Crippen LogP contribution in [0.2, 0.25) is 0 Å². The fraction of sp³-hybridized carbons (Fsp3) is 0.278. The Labute approximate surface area is 149 Å². The molecule has 1 aliphatic heterocycles. The van der Waals surface area contributed by atoms with Crippen LogP contribution in [0.5, 0.6) is 17.2 Å². The van der Waals surface area contributed by atoms with Crippen molar-refractivity contribution in [2.75, 3.05) is 26.4 Å². The third-order valence-electron chi connectivity index (χ3n) is 3.54. The lowest BCUT2D eigenvalue weighted by Gasteiger charge is -2.18. The Balaban J connectivity index is 1.43. The Morgan fingerprint density at radius 3 is 2.75 bits per heavy atom. The fourth-order valence-corrected chi connectivity index (χ4v) is 2.74. The number of ether oxygens (including phenoxy) is 3. The highest BCUT2D eigenvalue weighted by Crippen LogP contribution is 2.30. The van der Waals surface area contributed by atoms with Gasteiger partial charge in [0.1, 0.15) is 19.0 Å². The van der Waals surface area contributed by atoms with Crippen molar-refractivity contribution in [1.29, 1.82) is 0 Å². The number of hydrogen-bond acceptors (Lipinski definition) is 4. The molecule has 0 atom stereocenters. The Morgan fingerprint density at radius 2 is 1.92 bits per heavy atom. The second kappa shape index (κ2) is 8.06. The molecule has 1 heterocycles. The summed E-state index contributed by atoms with van der Waals surface area (Å²) in [6.45, 7) is 1.68. The smallest absolute Gasteiger partial charge is 0.257 e. The highest BCUT2D eigenvalue weighted by atomic mass is 79.9. The van der Waals surface area contributed by atoms with Crippen molar-refractivity contribution in [3.63, 3.8) is 0 Å². The van der Waals surface area contributed by atoms with Gasteiger partial charge < -0.3 is 19.5 Å². The van der Waals surface area contributed by atoms with Crippen molar-refractivity contribution in [1.82, 2.24) is 5.32 Å². The highest BCUT2D eigenvalue weighted by molar-refractivity contribution is 9.10. The normalized spacial score (nSPS) is 12.5. The molecular weight excluding hydrogens is 374 g/mol. The summed E-state index contributed by atoms with van der Waals surface area (Å²) in [5.41, 5.74) is 1.09. The van der Waals surface area contributed by atoms with Crippen molar-refractivity contribution >= 4 is 21.8 Å². The first-order valence-corrected chi connectivity index (χ1v) is 8.54. The van der Waals surface area contributed by atoms with Crippen LogP contribution in [0.15, 0.2) is 46.9 Å². The summed E-state index contributed by atoms with van der Waals surface area (Å²) in [5.74, 6) is 2.04. The summed E-state index contributed by atoms with van der Waals surface area (Å²) in [4.78, 5) is 11.9. The Hall–Kier alpha value is -2.21. The molecule has 0 fully saturated rings. The Kier molecular flexibility index (Phi) is 5.59. The monoisotopic (exact) mass is 391 g/mol. The van der Waals surface area contributed by atoms with Gasteiger partial charge in [-0.05, 0) is 52.2 Å². The van der Waals surface area contributed by atoms with E-state index in [0.29, 0.717) is 25.5 Å². The molecule has 6 heteroatoms. The summed E-state index contributed by atoms with van der Waals surface area (Å²) >= 11 is 3.38. The lowest BCUT2D eigenvalue weighted by molar-refractivity contribution is -0.123. The van der Waals surface area contributed by atoms with Crippen molar-refractivity contribution < 1.29 is 19.0 Å². The molecule has 0 radical (unpaired) electrons. The molecule has 2 aromatic carbocycles. The van der Waals surface area contributed by atoms with Crippen LogP contribution >= 0.6 is 15.9 Å². The van der Waals surface area contributed by atoms with Gasteiger partial charge in [-0.15, -0.1) is 0 Å². The van der Waals surface area contributed by atoms with Gasteiger partial charge in [-0.25, -0.2) is 0 Å². The molecule has 0 saturated heterocycles. The highest BCUT2D eigenvalue weighted by Gasteiger charge is 2.11. The van der Waals surface area contributed by atoms with Crippen LogP contribution in [0.1, 0.15) is 5.56 Å². The largest absolute Gasteiger partial charge is 0.486 e. The van der Waals surface area contributed by atoms with Gasteiger partial charge in [-0.1, -0.05) is 18.2 Å². The minimum Gasteiger partial charge on any atom is -0.486 e. The van der Waals surface area contributed by atoms with Crippen LogP contribution < -0.4 is 19.5 Å². The van der Waals surface area contributed by atoms with E-state index in [9.17, 15) is 4.79 Å². The first kappa shape index (κ1) is 16.6. The number of benzene rings is 2. The van der Waals surface area contributed by atoms with E-state index in [-0.39, 0.29) is 12.5 Å². The molecule has 5 nitrogen and oxygen atoms in total. The molecule has 3 rings (SSSR count). The van der Waals surface area contributed by atoms with Crippen molar-refractivity contribution in [3.8, 4) is 17.2 Å². The summed E-state index contributed by atoms with van der Waals surface area (Å²) in [7, 11) is 0. The van der Waals surface area contributed by atoms with Gasteiger partial charge in [-0.2, -0.15) is 0 Å². The van der Waals surface area contributed by atoms with Crippen LogP contribution in [-0.4, -0.2) is 32.3 Å². The first-order valence-electron chi connectivity index (χ1n) is 7.75. The van der Waals surface area contributed by atoms with Gasteiger partial charge in [-0.3, -0.25) is 4.79 Å². The van der Waals surface area contributed by atoms with Gasteiger partial charge >= 0.3 is 0 Å². The summed E-state index contributed by atoms with van der Waals surface area (Å²) in [6.07, 6.45) is 0.720. The van der Waals surface area contributed by atoms with Crippen LogP contribution in [0, 0.1) is 0 Å². The van der Waals surface area contributed by atoms with Gasteiger partial charge in [0.15, 0.2) is 18.1 Å². The summed E-state index contributed by atoms with van der Waals surface area (Å²) in [6, 6.07) is 13.3. The van der Waals surface area contributed by atoms with Crippen LogP contribution in [-0.2, 0) is 11.2 Å². The molecule has 126 valence electrons. The zero-order valence-corrected chi connectivity index (χ0v) is 14.7. The van der Waals surface area contributed by atoms with Crippen molar-refractivity contribution in [3.05, 3.63) is 52.5 Å². The van der Waals surface area contributed by atoms with Crippen LogP contribution in [0.25, 0.3) is 0 Å². The van der Waals surface area contributed by atoms with Crippen molar-refractivity contribution in [2.24, 2.45) is 0 Å². The van der Waals surface area contributed by atoms with Gasteiger partial charge in [0, 0.05) is 6.54 Å². The topological polar surface area (TPSA) is 56.8 Å². The maximum Gasteiger partial charge on any atom is 0.257 e. The number of hydrogen-bond donors (Lipinski definition) is 1. The fourth-order valence-electron chi connectivity index (χ4n) is 2.35. The van der Waals surface area contributed by atoms with Gasteiger partial charge in [0.25, 0.3) is 5.91 Å². The minimum atomic E-state index is -0.150. The number of amides is 1. The van der Waals surface area contributed by atoms with E-state index < -0.39 is 0 Å². The minimum absolute atomic E-state index is 0.0102. The zero-order valence-electron chi connectivity index (χ0n) is 13.1. The third-order valence-corrected chi connectivity index (χ3v) is 4.19. The van der Waals surface area contributed by atoms with E-state index in [1.54, 1.807) is 0 Å². The second-order valence-electron chi connectivity index (χ2n) is 5.30. The van der Waals surface area contributed by atoms with E-state index >= 15 is 0 Å². The van der Waals surface area contributed by atoms with Gasteiger partial charge in [0.2, 0.25) is 0 Å². The SMILES string of the molecule is O=C(COc1ccccc1Br)NCCc1ccc2c(c1)OCCO2. The molecule has 0 bridgehead atoms. The first-order chi connectivity index (χ1) is 11.7. The molecule has 1 aliphatic rings. The van der Waals surface area contributed by atoms with E-state index in [0.717, 1.165) is 28.0 Å². The van der Waals surface area contributed by atoms with E-state index in [1.807, 2.05) is 42.5 Å².